The average molecular weight is 441 g/mol. The Bertz CT molecular complexity index is 1230. The molecule has 0 spiro atoms. The molecule has 0 saturated carbocycles. The van der Waals surface area contributed by atoms with Gasteiger partial charge in [0.1, 0.15) is 6.04 Å². The monoisotopic (exact) mass is 440 g/mol. The maximum Gasteiger partial charge on any atom is 0.254 e. The van der Waals surface area contributed by atoms with Gasteiger partial charge in [0.2, 0.25) is 11.8 Å². The summed E-state index contributed by atoms with van der Waals surface area (Å²) < 4.78 is 0. The van der Waals surface area contributed by atoms with Crippen LogP contribution in [-0.4, -0.2) is 53.7 Å². The van der Waals surface area contributed by atoms with Gasteiger partial charge in [-0.25, -0.2) is 0 Å². The molecular weight excluding hydrogens is 416 g/mol. The summed E-state index contributed by atoms with van der Waals surface area (Å²) in [6, 6.07) is 23.5. The van der Waals surface area contributed by atoms with Gasteiger partial charge in [0, 0.05) is 24.8 Å². The van der Waals surface area contributed by atoms with Crippen molar-refractivity contribution in [2.24, 2.45) is 5.92 Å². The van der Waals surface area contributed by atoms with Gasteiger partial charge in [0.15, 0.2) is 0 Å². The lowest BCUT2D eigenvalue weighted by atomic mass is 10.0. The highest BCUT2D eigenvalue weighted by atomic mass is 16.2. The Balaban J connectivity index is 1.43. The maximum atomic E-state index is 13.1. The first-order chi connectivity index (χ1) is 16.0. The van der Waals surface area contributed by atoms with Crippen LogP contribution in [0.5, 0.6) is 0 Å². The minimum atomic E-state index is -0.704. The molecule has 7 nitrogen and oxygen atoms in total. The smallest absolute Gasteiger partial charge is 0.254 e. The van der Waals surface area contributed by atoms with Crippen LogP contribution in [0, 0.1) is 17.2 Å². The lowest BCUT2D eigenvalue weighted by molar-refractivity contribution is -0.131. The number of rotatable bonds is 5. The van der Waals surface area contributed by atoms with E-state index >= 15 is 0 Å². The van der Waals surface area contributed by atoms with Crippen molar-refractivity contribution in [1.29, 1.82) is 5.26 Å². The summed E-state index contributed by atoms with van der Waals surface area (Å²) in [4.78, 5) is 41.5. The number of fused-ring (bicyclic) bond motifs is 1. The summed E-state index contributed by atoms with van der Waals surface area (Å²) in [5.41, 5.74) is 1.18. The highest BCUT2D eigenvalue weighted by Crippen LogP contribution is 2.25. The van der Waals surface area contributed by atoms with Crippen LogP contribution in [0.2, 0.25) is 0 Å². The number of amides is 3. The fourth-order valence-electron chi connectivity index (χ4n) is 4.17. The molecule has 1 fully saturated rings. The summed E-state index contributed by atoms with van der Waals surface area (Å²) in [5, 5.41) is 14.2. The van der Waals surface area contributed by atoms with E-state index in [2.05, 4.69) is 11.4 Å². The van der Waals surface area contributed by atoms with Gasteiger partial charge in [-0.2, -0.15) is 5.26 Å². The molecule has 33 heavy (non-hydrogen) atoms. The summed E-state index contributed by atoms with van der Waals surface area (Å²) in [6.45, 7) is -0.0285. The predicted octanol–water partition coefficient (Wildman–Crippen LogP) is 3.29. The number of carbonyl (C=O) groups excluding carboxylic acids is 3. The number of likely N-dealkylation sites (tertiary alicyclic amines) is 1. The van der Waals surface area contributed by atoms with Crippen LogP contribution in [0.3, 0.4) is 0 Å². The van der Waals surface area contributed by atoms with E-state index in [-0.39, 0.29) is 37.2 Å². The largest absolute Gasteiger partial charge is 0.332 e. The zero-order chi connectivity index (χ0) is 23.4. The summed E-state index contributed by atoms with van der Waals surface area (Å²) in [7, 11) is 1.57. The molecule has 1 aliphatic heterocycles. The van der Waals surface area contributed by atoms with Crippen molar-refractivity contribution in [3.8, 4) is 6.07 Å². The van der Waals surface area contributed by atoms with Gasteiger partial charge < -0.3 is 15.1 Å². The van der Waals surface area contributed by atoms with Crippen molar-refractivity contribution in [3.05, 3.63) is 78.4 Å². The molecule has 3 aromatic rings. The molecular formula is C26H24N4O3. The Morgan fingerprint density at radius 2 is 1.73 bits per heavy atom. The first kappa shape index (κ1) is 22.0. The van der Waals surface area contributed by atoms with Crippen LogP contribution >= 0.6 is 0 Å². The van der Waals surface area contributed by atoms with Gasteiger partial charge in [-0.05, 0) is 35.4 Å². The molecule has 0 aliphatic carbocycles. The molecule has 1 N–H and O–H groups in total. The molecule has 166 valence electrons. The minimum Gasteiger partial charge on any atom is -0.332 e. The summed E-state index contributed by atoms with van der Waals surface area (Å²) in [6.07, 6.45) is 0.266. The van der Waals surface area contributed by atoms with E-state index in [9.17, 15) is 19.6 Å². The van der Waals surface area contributed by atoms with E-state index in [1.54, 1.807) is 25.2 Å². The average Bonchev–Trinajstić information content (AvgIpc) is 3.29. The van der Waals surface area contributed by atoms with Gasteiger partial charge in [-0.3, -0.25) is 14.4 Å². The lowest BCUT2D eigenvalue weighted by Gasteiger charge is -2.24. The number of nitrogens with one attached hydrogen (secondary N) is 1. The van der Waals surface area contributed by atoms with Crippen LogP contribution in [0.1, 0.15) is 16.8 Å². The second-order valence-electron chi connectivity index (χ2n) is 8.17. The maximum absolute atomic E-state index is 13.1. The van der Waals surface area contributed by atoms with Crippen molar-refractivity contribution < 1.29 is 14.4 Å². The number of likely N-dealkylation sites (N-methyl/N-ethyl adjacent to an activating group) is 1. The van der Waals surface area contributed by atoms with Crippen molar-refractivity contribution >= 4 is 34.2 Å². The zero-order valence-corrected chi connectivity index (χ0v) is 18.3. The highest BCUT2D eigenvalue weighted by Gasteiger charge is 2.39. The predicted molar refractivity (Wildman–Crippen MR) is 125 cm³/mol. The molecule has 4 rings (SSSR count). The van der Waals surface area contributed by atoms with Crippen LogP contribution in [0.4, 0.5) is 5.69 Å². The Labute approximate surface area is 192 Å². The van der Waals surface area contributed by atoms with Gasteiger partial charge in [-0.15, -0.1) is 0 Å². The molecule has 1 saturated heterocycles. The van der Waals surface area contributed by atoms with E-state index in [1.165, 1.54) is 9.80 Å². The van der Waals surface area contributed by atoms with E-state index < -0.39 is 12.0 Å². The molecule has 1 heterocycles. The Kier molecular flexibility index (Phi) is 6.36. The number of carbonyl (C=O) groups is 3. The van der Waals surface area contributed by atoms with Gasteiger partial charge in [-0.1, -0.05) is 54.6 Å². The van der Waals surface area contributed by atoms with Crippen LogP contribution in [-0.2, 0) is 9.59 Å². The molecule has 0 radical (unpaired) electrons. The van der Waals surface area contributed by atoms with Crippen LogP contribution < -0.4 is 5.32 Å². The van der Waals surface area contributed by atoms with Crippen molar-refractivity contribution in [2.75, 3.05) is 25.5 Å². The second kappa shape index (κ2) is 9.53. The second-order valence-corrected chi connectivity index (χ2v) is 8.17. The highest BCUT2D eigenvalue weighted by molar-refractivity contribution is 6.07. The van der Waals surface area contributed by atoms with Crippen LogP contribution in [0.15, 0.2) is 72.8 Å². The van der Waals surface area contributed by atoms with Crippen molar-refractivity contribution in [3.63, 3.8) is 0 Å². The third-order valence-electron chi connectivity index (χ3n) is 5.92. The number of para-hydroxylation sites is 1. The van der Waals surface area contributed by atoms with Gasteiger partial charge in [0.25, 0.3) is 5.91 Å². The number of benzene rings is 3. The molecule has 0 bridgehead atoms. The van der Waals surface area contributed by atoms with Gasteiger partial charge >= 0.3 is 0 Å². The van der Waals surface area contributed by atoms with E-state index in [1.807, 2.05) is 54.6 Å². The molecule has 3 aromatic carbocycles. The Morgan fingerprint density at radius 1 is 1.03 bits per heavy atom. The topological polar surface area (TPSA) is 93.5 Å². The summed E-state index contributed by atoms with van der Waals surface area (Å²) >= 11 is 0. The minimum absolute atomic E-state index is 0.145. The third kappa shape index (κ3) is 4.70. The Morgan fingerprint density at radius 3 is 2.48 bits per heavy atom. The lowest BCUT2D eigenvalue weighted by Crippen LogP contribution is -2.43. The zero-order valence-electron chi connectivity index (χ0n) is 18.3. The van der Waals surface area contributed by atoms with Crippen LogP contribution in [0.25, 0.3) is 10.8 Å². The van der Waals surface area contributed by atoms with E-state index in [0.29, 0.717) is 11.3 Å². The fraction of sp³-hybridized carbons (Fsp3) is 0.231. The van der Waals surface area contributed by atoms with Crippen molar-refractivity contribution in [1.82, 2.24) is 9.80 Å². The van der Waals surface area contributed by atoms with Crippen molar-refractivity contribution in [2.45, 2.75) is 12.5 Å². The van der Waals surface area contributed by atoms with E-state index in [4.69, 9.17) is 0 Å². The number of nitrogens with zero attached hydrogens (tertiary/aromatic N) is 3. The number of hydrogen-bond acceptors (Lipinski definition) is 4. The number of hydrogen-bond donors (Lipinski definition) is 1. The molecule has 3 amide bonds. The normalized spacial score (nSPS) is 17.4. The quantitative estimate of drug-likeness (QED) is 0.659. The SMILES string of the molecule is CN(CC(=O)N1CC(C(=O)Nc2ccccc2)CC1C#N)C(=O)c1cccc2ccccc12. The first-order valence-corrected chi connectivity index (χ1v) is 10.8. The standard InChI is InChI=1S/C26H24N4O3/c1-29(26(33)23-13-7-9-18-8-5-6-12-22(18)23)17-24(31)30-16-19(14-21(30)15-27)25(32)28-20-10-3-2-4-11-20/h2-13,19,21H,14,16-17H2,1H3,(H,28,32). The fourth-order valence-corrected chi connectivity index (χ4v) is 4.17. The molecule has 7 heteroatoms. The third-order valence-corrected chi connectivity index (χ3v) is 5.92. The number of anilines is 1. The molecule has 0 aromatic heterocycles. The number of nitriles is 1. The molecule has 2 atom stereocenters. The Hall–Kier alpha value is -4.18. The first-order valence-electron chi connectivity index (χ1n) is 10.8. The van der Waals surface area contributed by atoms with Gasteiger partial charge in [0.05, 0.1) is 18.5 Å². The molecule has 1 aliphatic rings. The van der Waals surface area contributed by atoms with E-state index in [0.717, 1.165) is 10.8 Å². The molecule has 2 unspecified atom stereocenters. The summed E-state index contributed by atoms with van der Waals surface area (Å²) in [5.74, 6) is -1.34.